The van der Waals surface area contributed by atoms with Crippen LogP contribution in [0.3, 0.4) is 0 Å². The minimum absolute atomic E-state index is 0.149. The molecule has 1 aliphatic rings. The number of hydrogen-bond acceptors (Lipinski definition) is 2. The number of esters is 1. The van der Waals surface area contributed by atoms with Gasteiger partial charge in [0, 0.05) is 0 Å². The zero-order valence-electron chi connectivity index (χ0n) is 20.1. The maximum atomic E-state index is 13.8. The second-order valence-electron chi connectivity index (χ2n) is 9.41. The molecule has 1 aromatic carbocycles. The Morgan fingerprint density at radius 3 is 1.84 bits per heavy atom. The molecule has 0 unspecified atom stereocenters. The van der Waals surface area contributed by atoms with Crippen LogP contribution in [0, 0.1) is 5.92 Å². The van der Waals surface area contributed by atoms with Crippen molar-refractivity contribution in [2.45, 2.75) is 93.8 Å². The van der Waals surface area contributed by atoms with Crippen molar-refractivity contribution in [3.8, 4) is 0 Å². The molecule has 14 heteroatoms. The van der Waals surface area contributed by atoms with Gasteiger partial charge in [-0.3, -0.25) is 0 Å². The van der Waals surface area contributed by atoms with Gasteiger partial charge in [-0.15, -0.1) is 0 Å². The predicted octanol–water partition coefficient (Wildman–Crippen LogP) is 8.75. The Hall–Kier alpha value is -2.15. The van der Waals surface area contributed by atoms with E-state index in [0.717, 1.165) is 62.6 Å². The number of ether oxygens (including phenoxy) is 1. The average Bonchev–Trinajstić information content (AvgIpc) is 2.85. The van der Waals surface area contributed by atoms with Gasteiger partial charge in [0.15, 0.2) is 6.61 Å². The lowest BCUT2D eigenvalue weighted by molar-refractivity contribution is -0.414. The number of rotatable bonds is 12. The van der Waals surface area contributed by atoms with E-state index in [2.05, 4.69) is 11.7 Å². The highest BCUT2D eigenvalue weighted by Crippen LogP contribution is 2.58. The minimum atomic E-state index is -7.66. The Bertz CT molecular complexity index is 923. The van der Waals surface area contributed by atoms with Crippen molar-refractivity contribution in [2.75, 3.05) is 6.61 Å². The lowest BCUT2D eigenvalue weighted by Gasteiger charge is -2.38. The van der Waals surface area contributed by atoms with Crippen molar-refractivity contribution in [2.24, 2.45) is 5.92 Å². The van der Waals surface area contributed by atoms with Gasteiger partial charge in [0.05, 0.1) is 5.56 Å². The number of carbonyl (C=O) groups is 1. The Morgan fingerprint density at radius 1 is 0.842 bits per heavy atom. The summed E-state index contributed by atoms with van der Waals surface area (Å²) in [7, 11) is 0. The summed E-state index contributed by atoms with van der Waals surface area (Å²) >= 11 is 0. The van der Waals surface area contributed by atoms with Crippen LogP contribution in [0.1, 0.15) is 73.7 Å². The molecule has 1 saturated carbocycles. The number of halogens is 12. The van der Waals surface area contributed by atoms with Crippen LogP contribution in [0.4, 0.5) is 52.7 Å². The predicted molar refractivity (Wildman–Crippen MR) is 112 cm³/mol. The molecule has 0 bridgehead atoms. The van der Waals surface area contributed by atoms with Crippen LogP contribution in [0.5, 0.6) is 0 Å². The van der Waals surface area contributed by atoms with E-state index >= 15 is 0 Å². The first kappa shape index (κ1) is 32.1. The van der Waals surface area contributed by atoms with Gasteiger partial charge >= 0.3 is 42.0 Å². The summed E-state index contributed by atoms with van der Waals surface area (Å²) in [5.41, 5.74) is 0.333. The van der Waals surface area contributed by atoms with E-state index in [0.29, 0.717) is 5.92 Å². The number of benzene rings is 1. The normalized spacial score (nSPS) is 20.1. The van der Waals surface area contributed by atoms with E-state index in [4.69, 9.17) is 0 Å². The molecule has 2 rings (SSSR count). The molecule has 0 atom stereocenters. The molecule has 0 saturated heterocycles. The molecule has 0 heterocycles. The first-order valence-corrected chi connectivity index (χ1v) is 11.8. The topological polar surface area (TPSA) is 26.3 Å². The van der Waals surface area contributed by atoms with E-state index < -0.39 is 54.2 Å². The highest BCUT2D eigenvalue weighted by molar-refractivity contribution is 5.89. The standard InChI is InChI=1S/C24H26F12O2/c1-2-3-4-14-5-7-15(8-6-14)16-9-11-17(12-10-16)18(37)38-13-20(27,28)22(31,32)24(35,36)23(33,34)21(29,30)19(25)26/h9-12,14-15,19H,2-8,13H2,1H3/t14-,15-. The summed E-state index contributed by atoms with van der Waals surface area (Å²) < 4.78 is 163. The van der Waals surface area contributed by atoms with Gasteiger partial charge < -0.3 is 4.74 Å². The SMILES string of the molecule is CCCC[C@H]1CC[C@H](c2ccc(C(=O)OCC(F)(F)C(F)(F)C(F)(F)C(F)(F)C(F)(F)C(F)F)cc2)CC1. The van der Waals surface area contributed by atoms with Crippen LogP contribution in [-0.4, -0.2) is 48.6 Å². The molecular formula is C24H26F12O2. The van der Waals surface area contributed by atoms with Gasteiger partial charge in [-0.1, -0.05) is 38.3 Å². The maximum Gasteiger partial charge on any atom is 0.384 e. The highest BCUT2D eigenvalue weighted by atomic mass is 19.4. The summed E-state index contributed by atoms with van der Waals surface area (Å²) in [5.74, 6) is -37.0. The molecule has 0 aromatic heterocycles. The van der Waals surface area contributed by atoms with Gasteiger partial charge in [0.2, 0.25) is 0 Å². The monoisotopic (exact) mass is 574 g/mol. The third kappa shape index (κ3) is 6.03. The fraction of sp³-hybridized carbons (Fsp3) is 0.708. The summed E-state index contributed by atoms with van der Waals surface area (Å²) in [6.07, 6.45) is 1.46. The second kappa shape index (κ2) is 11.5. The van der Waals surface area contributed by atoms with Crippen LogP contribution >= 0.6 is 0 Å². The summed E-state index contributed by atoms with van der Waals surface area (Å²) in [4.78, 5) is 12.0. The van der Waals surface area contributed by atoms with E-state index in [9.17, 15) is 57.5 Å². The lowest BCUT2D eigenvalue weighted by atomic mass is 9.77. The molecular weight excluding hydrogens is 548 g/mol. The molecule has 0 spiro atoms. The molecule has 0 aliphatic heterocycles. The Morgan fingerprint density at radius 2 is 1.37 bits per heavy atom. The van der Waals surface area contributed by atoms with Crippen molar-refractivity contribution >= 4 is 5.97 Å². The van der Waals surface area contributed by atoms with Crippen molar-refractivity contribution in [1.29, 1.82) is 0 Å². The first-order valence-electron chi connectivity index (χ1n) is 11.8. The van der Waals surface area contributed by atoms with Crippen LogP contribution < -0.4 is 0 Å². The molecule has 38 heavy (non-hydrogen) atoms. The average molecular weight is 574 g/mol. The number of unbranched alkanes of at least 4 members (excludes halogenated alkanes) is 1. The van der Waals surface area contributed by atoms with Gasteiger partial charge in [0.25, 0.3) is 0 Å². The third-order valence-corrected chi connectivity index (χ3v) is 6.76. The fourth-order valence-corrected chi connectivity index (χ4v) is 4.27. The van der Waals surface area contributed by atoms with Crippen LogP contribution in [0.2, 0.25) is 0 Å². The molecule has 0 amide bonds. The molecule has 0 N–H and O–H groups in total. The van der Waals surface area contributed by atoms with Crippen molar-refractivity contribution in [1.82, 2.24) is 0 Å². The Labute approximate surface area is 210 Å². The van der Waals surface area contributed by atoms with Gasteiger partial charge in [-0.25, -0.2) is 13.6 Å². The molecule has 1 fully saturated rings. The van der Waals surface area contributed by atoms with Crippen molar-refractivity contribution in [3.05, 3.63) is 35.4 Å². The van der Waals surface area contributed by atoms with E-state index in [1.807, 2.05) is 0 Å². The van der Waals surface area contributed by atoms with Crippen molar-refractivity contribution in [3.63, 3.8) is 0 Å². The van der Waals surface area contributed by atoms with Gasteiger partial charge in [-0.2, -0.15) is 43.9 Å². The van der Waals surface area contributed by atoms with E-state index in [1.165, 1.54) is 12.1 Å². The molecule has 2 nitrogen and oxygen atoms in total. The first-order chi connectivity index (χ1) is 17.3. The molecule has 1 aromatic rings. The minimum Gasteiger partial charge on any atom is -0.455 e. The van der Waals surface area contributed by atoms with Crippen LogP contribution in [0.15, 0.2) is 24.3 Å². The lowest BCUT2D eigenvalue weighted by Crippen LogP contribution is -2.69. The zero-order chi connectivity index (χ0) is 29.2. The van der Waals surface area contributed by atoms with Gasteiger partial charge in [0.1, 0.15) is 0 Å². The Kier molecular flexibility index (Phi) is 9.73. The quantitative estimate of drug-likeness (QED) is 0.184. The zero-order valence-corrected chi connectivity index (χ0v) is 20.1. The molecule has 218 valence electrons. The number of carbonyl (C=O) groups excluding carboxylic acids is 1. The molecule has 0 radical (unpaired) electrons. The molecule has 1 aliphatic carbocycles. The summed E-state index contributed by atoms with van der Waals surface area (Å²) in [6, 6.07) is 5.12. The summed E-state index contributed by atoms with van der Waals surface area (Å²) in [5, 5.41) is 0. The smallest absolute Gasteiger partial charge is 0.384 e. The Balaban J connectivity index is 2.06. The fourth-order valence-electron chi connectivity index (χ4n) is 4.27. The van der Waals surface area contributed by atoms with Crippen molar-refractivity contribution < 1.29 is 62.2 Å². The third-order valence-electron chi connectivity index (χ3n) is 6.76. The maximum absolute atomic E-state index is 13.8. The van der Waals surface area contributed by atoms with Crippen LogP contribution in [0.25, 0.3) is 0 Å². The number of alkyl halides is 12. The largest absolute Gasteiger partial charge is 0.455 e. The number of hydrogen-bond donors (Lipinski definition) is 0. The highest BCUT2D eigenvalue weighted by Gasteiger charge is 2.87. The van der Waals surface area contributed by atoms with E-state index in [-0.39, 0.29) is 5.92 Å². The van der Waals surface area contributed by atoms with Crippen LogP contribution in [-0.2, 0) is 4.74 Å². The van der Waals surface area contributed by atoms with Gasteiger partial charge in [-0.05, 0) is 55.2 Å². The second-order valence-corrected chi connectivity index (χ2v) is 9.41. The summed E-state index contributed by atoms with van der Waals surface area (Å²) in [6.45, 7) is -0.828. The van der Waals surface area contributed by atoms with E-state index in [1.54, 1.807) is 0 Å².